The molecule has 1 aromatic heterocycles. The van der Waals surface area contributed by atoms with Gasteiger partial charge in [-0.05, 0) is 36.6 Å². The molecule has 4 aromatic rings. The van der Waals surface area contributed by atoms with Crippen LogP contribution in [0.2, 0.25) is 0 Å². The monoisotopic (exact) mass is 472 g/mol. The van der Waals surface area contributed by atoms with Crippen molar-refractivity contribution in [3.05, 3.63) is 83.7 Å². The van der Waals surface area contributed by atoms with E-state index < -0.39 is 0 Å². The second-order valence-electron chi connectivity index (χ2n) is 7.57. The first kappa shape index (κ1) is 21.8. The molecule has 0 atom stereocenters. The van der Waals surface area contributed by atoms with Crippen LogP contribution in [0, 0.1) is 0 Å². The fourth-order valence-electron chi connectivity index (χ4n) is 4.02. The maximum absolute atomic E-state index is 13.3. The number of thioether (sulfide) groups is 1. The molecule has 34 heavy (non-hydrogen) atoms. The average molecular weight is 473 g/mol. The van der Waals surface area contributed by atoms with Crippen molar-refractivity contribution < 1.29 is 19.1 Å². The molecule has 0 radical (unpaired) electrons. The van der Waals surface area contributed by atoms with Gasteiger partial charge in [0.25, 0.3) is 11.8 Å². The summed E-state index contributed by atoms with van der Waals surface area (Å²) in [5.41, 5.74) is 1.72. The Kier molecular flexibility index (Phi) is 5.85. The highest BCUT2D eigenvalue weighted by Crippen LogP contribution is 2.31. The van der Waals surface area contributed by atoms with Crippen molar-refractivity contribution in [1.29, 1.82) is 0 Å². The number of imide groups is 1. The minimum atomic E-state index is -0.377. The van der Waals surface area contributed by atoms with Gasteiger partial charge in [-0.15, -0.1) is 10.2 Å². The van der Waals surface area contributed by atoms with Gasteiger partial charge in [0, 0.05) is 22.2 Å². The lowest BCUT2D eigenvalue weighted by atomic mass is 9.94. The van der Waals surface area contributed by atoms with E-state index in [1.54, 1.807) is 23.6 Å². The first-order valence-electron chi connectivity index (χ1n) is 10.7. The molecule has 2 heterocycles. The largest absolute Gasteiger partial charge is 0.465 e. The topological polar surface area (TPSA) is 94.4 Å². The van der Waals surface area contributed by atoms with Gasteiger partial charge in [0.15, 0.2) is 11.0 Å². The zero-order valence-corrected chi connectivity index (χ0v) is 19.1. The van der Waals surface area contributed by atoms with Crippen LogP contribution in [0.5, 0.6) is 0 Å². The van der Waals surface area contributed by atoms with Crippen molar-refractivity contribution in [3.8, 4) is 5.69 Å². The Morgan fingerprint density at radius 2 is 1.59 bits per heavy atom. The highest BCUT2D eigenvalue weighted by Gasteiger charge is 2.34. The van der Waals surface area contributed by atoms with Gasteiger partial charge in [-0.1, -0.05) is 54.2 Å². The van der Waals surface area contributed by atoms with E-state index in [0.717, 1.165) is 11.1 Å². The molecule has 0 N–H and O–H groups in total. The van der Waals surface area contributed by atoms with Gasteiger partial charge in [-0.3, -0.25) is 23.9 Å². The molecule has 0 unspecified atom stereocenters. The smallest absolute Gasteiger partial charge is 0.316 e. The zero-order chi connectivity index (χ0) is 23.7. The molecule has 9 heteroatoms. The fourth-order valence-corrected chi connectivity index (χ4v) is 4.79. The summed E-state index contributed by atoms with van der Waals surface area (Å²) in [6, 6.07) is 20.2. The third-order valence-electron chi connectivity index (χ3n) is 5.49. The first-order chi connectivity index (χ1) is 16.6. The van der Waals surface area contributed by atoms with E-state index in [-0.39, 0.29) is 30.1 Å². The van der Waals surface area contributed by atoms with Crippen molar-refractivity contribution >= 4 is 40.3 Å². The molecule has 0 bridgehead atoms. The molecule has 5 rings (SSSR count). The van der Waals surface area contributed by atoms with E-state index in [9.17, 15) is 14.4 Å². The molecular weight excluding hydrogens is 452 g/mol. The molecule has 0 fully saturated rings. The van der Waals surface area contributed by atoms with Crippen LogP contribution in [-0.2, 0) is 16.1 Å². The number of para-hydroxylation sites is 1. The van der Waals surface area contributed by atoms with Crippen LogP contribution in [0.15, 0.2) is 71.9 Å². The summed E-state index contributed by atoms with van der Waals surface area (Å²) in [7, 11) is 0. The molecule has 2 amide bonds. The molecule has 3 aromatic carbocycles. The minimum Gasteiger partial charge on any atom is -0.465 e. The maximum atomic E-state index is 13.3. The standard InChI is InChI=1S/C25H20N4O4S/c1-2-33-21(30)15-34-25-27-26-20(29(25)17-10-4-3-5-11-17)14-28-23(31)18-12-6-8-16-9-7-13-19(22(16)18)24(28)32/h3-13H,2,14-15H2,1H3. The van der Waals surface area contributed by atoms with Crippen LogP contribution >= 0.6 is 11.8 Å². The quantitative estimate of drug-likeness (QED) is 0.229. The van der Waals surface area contributed by atoms with Crippen molar-refractivity contribution in [1.82, 2.24) is 19.7 Å². The lowest BCUT2D eigenvalue weighted by Crippen LogP contribution is -2.40. The number of ether oxygens (including phenoxy) is 1. The molecule has 0 aliphatic carbocycles. The summed E-state index contributed by atoms with van der Waals surface area (Å²) >= 11 is 1.19. The summed E-state index contributed by atoms with van der Waals surface area (Å²) in [6.45, 7) is 1.98. The number of esters is 1. The molecular formula is C25H20N4O4S. The predicted molar refractivity (Wildman–Crippen MR) is 127 cm³/mol. The minimum absolute atomic E-state index is 0.0652. The normalized spacial score (nSPS) is 12.9. The molecule has 0 spiro atoms. The van der Waals surface area contributed by atoms with Crippen molar-refractivity contribution in [2.75, 3.05) is 12.4 Å². The second-order valence-corrected chi connectivity index (χ2v) is 8.51. The van der Waals surface area contributed by atoms with Gasteiger partial charge in [-0.2, -0.15) is 0 Å². The number of aromatic nitrogens is 3. The Bertz CT molecular complexity index is 1370. The Morgan fingerprint density at radius 3 is 2.24 bits per heavy atom. The molecule has 0 saturated carbocycles. The second kappa shape index (κ2) is 9.11. The summed E-state index contributed by atoms with van der Waals surface area (Å²) in [5, 5.41) is 10.5. The highest BCUT2D eigenvalue weighted by atomic mass is 32.2. The number of nitrogens with zero attached hydrogens (tertiary/aromatic N) is 4. The molecule has 170 valence electrons. The highest BCUT2D eigenvalue weighted by molar-refractivity contribution is 7.99. The number of rotatable bonds is 7. The van der Waals surface area contributed by atoms with E-state index in [2.05, 4.69) is 10.2 Å². The van der Waals surface area contributed by atoms with Crippen LogP contribution in [0.1, 0.15) is 33.5 Å². The lowest BCUT2D eigenvalue weighted by molar-refractivity contribution is -0.139. The molecule has 1 aliphatic heterocycles. The Balaban J connectivity index is 1.52. The Hall–Kier alpha value is -3.98. The fraction of sp³-hybridized carbons (Fsp3) is 0.160. The van der Waals surface area contributed by atoms with E-state index in [4.69, 9.17) is 4.74 Å². The number of carbonyl (C=O) groups excluding carboxylic acids is 3. The number of benzene rings is 3. The zero-order valence-electron chi connectivity index (χ0n) is 18.3. The van der Waals surface area contributed by atoms with Crippen LogP contribution in [0.25, 0.3) is 16.5 Å². The van der Waals surface area contributed by atoms with Crippen molar-refractivity contribution in [3.63, 3.8) is 0 Å². The third-order valence-corrected chi connectivity index (χ3v) is 6.40. The van der Waals surface area contributed by atoms with Gasteiger partial charge in [0.1, 0.15) is 0 Å². The Morgan fingerprint density at radius 1 is 0.912 bits per heavy atom. The Labute approximate surface area is 199 Å². The van der Waals surface area contributed by atoms with Gasteiger partial charge < -0.3 is 4.74 Å². The number of amides is 2. The first-order valence-corrected chi connectivity index (χ1v) is 11.7. The summed E-state index contributed by atoms with van der Waals surface area (Å²) in [4.78, 5) is 39.8. The number of carbonyl (C=O) groups is 3. The van der Waals surface area contributed by atoms with Gasteiger partial charge >= 0.3 is 5.97 Å². The average Bonchev–Trinajstić information content (AvgIpc) is 3.27. The van der Waals surface area contributed by atoms with Gasteiger partial charge in [0.05, 0.1) is 18.9 Å². The molecule has 1 aliphatic rings. The van der Waals surface area contributed by atoms with E-state index in [0.29, 0.717) is 34.1 Å². The van der Waals surface area contributed by atoms with E-state index in [1.807, 2.05) is 54.6 Å². The maximum Gasteiger partial charge on any atom is 0.316 e. The third kappa shape index (κ3) is 3.84. The van der Waals surface area contributed by atoms with Crippen LogP contribution in [-0.4, -0.2) is 49.8 Å². The van der Waals surface area contributed by atoms with Gasteiger partial charge in [-0.25, -0.2) is 0 Å². The summed E-state index contributed by atoms with van der Waals surface area (Å²) in [6.07, 6.45) is 0. The summed E-state index contributed by atoms with van der Waals surface area (Å²) in [5.74, 6) is -0.640. The van der Waals surface area contributed by atoms with E-state index >= 15 is 0 Å². The molecule has 8 nitrogen and oxygen atoms in total. The van der Waals surface area contributed by atoms with Crippen molar-refractivity contribution in [2.45, 2.75) is 18.6 Å². The van der Waals surface area contributed by atoms with Crippen LogP contribution in [0.4, 0.5) is 0 Å². The van der Waals surface area contributed by atoms with E-state index in [1.165, 1.54) is 16.7 Å². The summed E-state index contributed by atoms with van der Waals surface area (Å²) < 4.78 is 6.77. The van der Waals surface area contributed by atoms with Crippen LogP contribution in [0.3, 0.4) is 0 Å². The number of hydrogen-bond acceptors (Lipinski definition) is 7. The SMILES string of the molecule is CCOC(=O)CSc1nnc(CN2C(=O)c3cccc4cccc(c34)C2=O)n1-c1ccccc1. The predicted octanol–water partition coefficient (Wildman–Crippen LogP) is 3.87. The van der Waals surface area contributed by atoms with Crippen molar-refractivity contribution in [2.24, 2.45) is 0 Å². The van der Waals surface area contributed by atoms with Gasteiger partial charge in [0.2, 0.25) is 0 Å². The molecule has 0 saturated heterocycles. The van der Waals surface area contributed by atoms with Crippen LogP contribution < -0.4 is 0 Å². The number of hydrogen-bond donors (Lipinski definition) is 0. The lowest BCUT2D eigenvalue weighted by Gasteiger charge is -2.27.